The third-order valence-corrected chi connectivity index (χ3v) is 5.17. The summed E-state index contributed by atoms with van der Waals surface area (Å²) in [6, 6.07) is 14.5. The Labute approximate surface area is 218 Å². The van der Waals surface area contributed by atoms with Crippen molar-refractivity contribution in [3.05, 3.63) is 65.5 Å². The highest BCUT2D eigenvalue weighted by molar-refractivity contribution is 5.85. The van der Waals surface area contributed by atoms with Gasteiger partial charge in [0.25, 0.3) is 0 Å². The molecule has 0 radical (unpaired) electrons. The van der Waals surface area contributed by atoms with Gasteiger partial charge in [0.15, 0.2) is 5.82 Å². The lowest BCUT2D eigenvalue weighted by molar-refractivity contribution is 0.0547. The van der Waals surface area contributed by atoms with Crippen LogP contribution in [0.2, 0.25) is 0 Å². The van der Waals surface area contributed by atoms with Gasteiger partial charge in [0, 0.05) is 25.2 Å². The molecule has 0 fully saturated rings. The zero-order valence-corrected chi connectivity index (χ0v) is 21.9. The largest absolute Gasteiger partial charge is 0.378 e. The first-order valence-electron chi connectivity index (χ1n) is 11.8. The molecular formula is C26H36ClFN6O2. The summed E-state index contributed by atoms with van der Waals surface area (Å²) in [7, 11) is 0. The lowest BCUT2D eigenvalue weighted by atomic mass is 9.87. The van der Waals surface area contributed by atoms with Crippen LogP contribution in [-0.2, 0) is 21.4 Å². The van der Waals surface area contributed by atoms with Crippen LogP contribution in [0.25, 0.3) is 11.4 Å². The molecule has 196 valence electrons. The van der Waals surface area contributed by atoms with Gasteiger partial charge in [0.05, 0.1) is 26.4 Å². The van der Waals surface area contributed by atoms with Crippen molar-refractivity contribution >= 4 is 24.3 Å². The van der Waals surface area contributed by atoms with Crippen LogP contribution in [-0.4, -0.2) is 54.5 Å². The van der Waals surface area contributed by atoms with Crippen LogP contribution in [0.15, 0.2) is 48.5 Å². The number of benzene rings is 2. The summed E-state index contributed by atoms with van der Waals surface area (Å²) in [5, 5.41) is 6.42. The van der Waals surface area contributed by atoms with Crippen molar-refractivity contribution < 1.29 is 13.9 Å². The van der Waals surface area contributed by atoms with Gasteiger partial charge in [0.1, 0.15) is 5.82 Å². The van der Waals surface area contributed by atoms with Crippen molar-refractivity contribution in [2.75, 3.05) is 50.2 Å². The Kier molecular flexibility index (Phi) is 12.0. The van der Waals surface area contributed by atoms with E-state index in [0.717, 1.165) is 11.1 Å². The Morgan fingerprint density at radius 2 is 1.42 bits per heavy atom. The summed E-state index contributed by atoms with van der Waals surface area (Å²) < 4.78 is 24.1. The number of hydrogen-bond acceptors (Lipinski definition) is 8. The number of halogens is 2. The Balaban J connectivity index is 0.00000456. The summed E-state index contributed by atoms with van der Waals surface area (Å²) in [6.07, 6.45) is 0. The molecule has 36 heavy (non-hydrogen) atoms. The molecule has 0 saturated heterocycles. The molecule has 4 N–H and O–H groups in total. The van der Waals surface area contributed by atoms with E-state index in [1.165, 1.54) is 17.7 Å². The Morgan fingerprint density at radius 1 is 0.806 bits per heavy atom. The van der Waals surface area contributed by atoms with Crippen molar-refractivity contribution in [2.45, 2.75) is 32.7 Å². The monoisotopic (exact) mass is 518 g/mol. The molecule has 0 aliphatic rings. The Morgan fingerprint density at radius 3 is 2.03 bits per heavy atom. The van der Waals surface area contributed by atoms with Crippen molar-refractivity contribution in [1.29, 1.82) is 0 Å². The van der Waals surface area contributed by atoms with Crippen LogP contribution >= 0.6 is 12.4 Å². The lowest BCUT2D eigenvalue weighted by Gasteiger charge is -2.19. The summed E-state index contributed by atoms with van der Waals surface area (Å²) in [5.74, 6) is 1.16. The van der Waals surface area contributed by atoms with Crippen molar-refractivity contribution in [3.63, 3.8) is 0 Å². The minimum Gasteiger partial charge on any atom is -0.378 e. The van der Waals surface area contributed by atoms with Gasteiger partial charge in [-0.2, -0.15) is 15.0 Å². The van der Waals surface area contributed by atoms with Gasteiger partial charge in [-0.1, -0.05) is 57.2 Å². The summed E-state index contributed by atoms with van der Waals surface area (Å²) in [6.45, 7) is 10.0. The Hall–Kier alpha value is -2.85. The molecule has 0 spiro atoms. The van der Waals surface area contributed by atoms with E-state index in [1.807, 2.05) is 12.1 Å². The fraction of sp³-hybridized carbons (Fsp3) is 0.423. The quantitative estimate of drug-likeness (QED) is 0.286. The number of nitrogens with zero attached hydrogens (tertiary/aromatic N) is 3. The van der Waals surface area contributed by atoms with E-state index in [4.69, 9.17) is 15.2 Å². The second-order valence-corrected chi connectivity index (χ2v) is 9.05. The van der Waals surface area contributed by atoms with Crippen molar-refractivity contribution in [1.82, 2.24) is 15.0 Å². The highest BCUT2D eigenvalue weighted by atomic mass is 35.5. The number of ether oxygens (including phenoxy) is 2. The maximum Gasteiger partial charge on any atom is 0.228 e. The molecule has 10 heteroatoms. The SMILES string of the molecule is CC(C)(C)c1ccc(-c2nc(NCCOCCOCCN)nc(NCc3ccc(F)cc3)n2)cc1.Cl. The first kappa shape index (κ1) is 29.4. The number of rotatable bonds is 13. The van der Waals surface area contributed by atoms with Gasteiger partial charge < -0.3 is 25.8 Å². The predicted octanol–water partition coefficient (Wildman–Crippen LogP) is 4.41. The fourth-order valence-electron chi connectivity index (χ4n) is 3.21. The molecule has 0 saturated carbocycles. The van der Waals surface area contributed by atoms with E-state index in [0.29, 0.717) is 63.8 Å². The number of aromatic nitrogens is 3. The molecule has 1 aromatic heterocycles. The zero-order chi connectivity index (χ0) is 25.1. The maximum atomic E-state index is 13.2. The minimum atomic E-state index is -0.269. The van der Waals surface area contributed by atoms with E-state index in [2.05, 4.69) is 58.5 Å². The first-order valence-corrected chi connectivity index (χ1v) is 11.8. The molecule has 3 aromatic rings. The number of hydrogen-bond donors (Lipinski definition) is 3. The fourth-order valence-corrected chi connectivity index (χ4v) is 3.21. The second kappa shape index (κ2) is 14.6. The number of anilines is 2. The zero-order valence-electron chi connectivity index (χ0n) is 21.1. The topological polar surface area (TPSA) is 107 Å². The second-order valence-electron chi connectivity index (χ2n) is 9.05. The van der Waals surface area contributed by atoms with Gasteiger partial charge in [-0.3, -0.25) is 0 Å². The first-order chi connectivity index (χ1) is 16.8. The van der Waals surface area contributed by atoms with Crippen molar-refractivity contribution in [2.24, 2.45) is 5.73 Å². The molecule has 0 atom stereocenters. The highest BCUT2D eigenvalue weighted by Gasteiger charge is 2.14. The van der Waals surface area contributed by atoms with E-state index in [-0.39, 0.29) is 23.6 Å². The molecule has 0 aliphatic heterocycles. The van der Waals surface area contributed by atoms with E-state index < -0.39 is 0 Å². The van der Waals surface area contributed by atoms with E-state index in [9.17, 15) is 4.39 Å². The molecule has 1 heterocycles. The van der Waals surface area contributed by atoms with E-state index >= 15 is 0 Å². The summed E-state index contributed by atoms with van der Waals surface area (Å²) in [4.78, 5) is 13.7. The maximum absolute atomic E-state index is 13.2. The average molecular weight is 519 g/mol. The minimum absolute atomic E-state index is 0. The Bertz CT molecular complexity index is 1050. The van der Waals surface area contributed by atoms with Gasteiger partial charge in [-0.15, -0.1) is 12.4 Å². The third kappa shape index (κ3) is 9.66. The van der Waals surface area contributed by atoms with Crippen LogP contribution in [0.1, 0.15) is 31.9 Å². The van der Waals surface area contributed by atoms with Gasteiger partial charge >= 0.3 is 0 Å². The summed E-state index contributed by atoms with van der Waals surface area (Å²) in [5.41, 5.74) is 8.49. The molecule has 0 amide bonds. The van der Waals surface area contributed by atoms with Crippen LogP contribution in [0.3, 0.4) is 0 Å². The van der Waals surface area contributed by atoms with Crippen LogP contribution in [0.5, 0.6) is 0 Å². The highest BCUT2D eigenvalue weighted by Crippen LogP contribution is 2.25. The van der Waals surface area contributed by atoms with Gasteiger partial charge in [-0.05, 0) is 28.7 Å². The van der Waals surface area contributed by atoms with E-state index in [1.54, 1.807) is 12.1 Å². The van der Waals surface area contributed by atoms with Gasteiger partial charge in [-0.25, -0.2) is 4.39 Å². The van der Waals surface area contributed by atoms with Crippen molar-refractivity contribution in [3.8, 4) is 11.4 Å². The van der Waals surface area contributed by atoms with Crippen LogP contribution in [0.4, 0.5) is 16.3 Å². The molecule has 0 aliphatic carbocycles. The normalized spacial score (nSPS) is 11.1. The lowest BCUT2D eigenvalue weighted by Crippen LogP contribution is -2.16. The molecular weight excluding hydrogens is 483 g/mol. The average Bonchev–Trinajstić information content (AvgIpc) is 2.85. The number of nitrogens with two attached hydrogens (primary N) is 1. The third-order valence-electron chi connectivity index (χ3n) is 5.17. The van der Waals surface area contributed by atoms with Gasteiger partial charge in [0.2, 0.25) is 11.9 Å². The number of nitrogens with one attached hydrogen (secondary N) is 2. The molecule has 2 aromatic carbocycles. The molecule has 3 rings (SSSR count). The van der Waals surface area contributed by atoms with Crippen LogP contribution < -0.4 is 16.4 Å². The smallest absolute Gasteiger partial charge is 0.228 e. The molecule has 0 bridgehead atoms. The van der Waals surface area contributed by atoms with Crippen LogP contribution in [0, 0.1) is 5.82 Å². The molecule has 0 unspecified atom stereocenters. The summed E-state index contributed by atoms with van der Waals surface area (Å²) >= 11 is 0. The standard InChI is InChI=1S/C26H35FN6O2.ClH/c1-26(2,3)21-8-6-20(7-9-21)23-31-24(29-13-15-35-17-16-34-14-12-28)33-25(32-23)30-18-19-4-10-22(27)11-5-19;/h4-11H,12-18,28H2,1-3H3,(H2,29,30,31,32,33);1H. The predicted molar refractivity (Wildman–Crippen MR) is 144 cm³/mol. The molecule has 8 nitrogen and oxygen atoms in total.